The van der Waals surface area contributed by atoms with Crippen molar-refractivity contribution in [3.63, 3.8) is 0 Å². The summed E-state index contributed by atoms with van der Waals surface area (Å²) in [7, 11) is 0. The van der Waals surface area contributed by atoms with Gasteiger partial charge in [0, 0.05) is 17.3 Å². The molecule has 0 aliphatic rings. The molecule has 0 aliphatic carbocycles. The zero-order chi connectivity index (χ0) is 14.5. The lowest BCUT2D eigenvalue weighted by Gasteiger charge is -2.25. The van der Waals surface area contributed by atoms with Crippen LogP contribution in [0.1, 0.15) is 32.4 Å². The van der Waals surface area contributed by atoms with Crippen molar-refractivity contribution in [2.45, 2.75) is 38.2 Å². The van der Waals surface area contributed by atoms with Crippen LogP contribution in [-0.2, 0) is 0 Å². The van der Waals surface area contributed by atoms with Crippen molar-refractivity contribution in [2.24, 2.45) is 0 Å². The van der Waals surface area contributed by atoms with E-state index in [0.717, 1.165) is 12.1 Å². The molecule has 0 bridgehead atoms. The summed E-state index contributed by atoms with van der Waals surface area (Å²) in [5.74, 6) is 0.199. The van der Waals surface area contributed by atoms with Crippen molar-refractivity contribution >= 4 is 11.8 Å². The standard InChI is InChI=1S/C14H21F2NOS/c1-10(17-9-14(2,3)19-4)11-6-5-7-12(8-11)18-13(15)16/h5-8,10,13,17H,9H2,1-4H3. The first-order chi connectivity index (χ1) is 8.84. The fourth-order valence-electron chi connectivity index (χ4n) is 1.55. The summed E-state index contributed by atoms with van der Waals surface area (Å²) in [6.07, 6.45) is 2.07. The maximum absolute atomic E-state index is 12.2. The average molecular weight is 289 g/mol. The van der Waals surface area contributed by atoms with E-state index in [1.165, 1.54) is 6.07 Å². The monoisotopic (exact) mass is 289 g/mol. The fourth-order valence-corrected chi connectivity index (χ4v) is 1.78. The highest BCUT2D eigenvalue weighted by atomic mass is 32.2. The van der Waals surface area contributed by atoms with Crippen LogP contribution in [-0.4, -0.2) is 24.2 Å². The number of hydrogen-bond acceptors (Lipinski definition) is 3. The van der Waals surface area contributed by atoms with Gasteiger partial charge in [0.05, 0.1) is 0 Å². The number of hydrogen-bond donors (Lipinski definition) is 1. The van der Waals surface area contributed by atoms with Crippen LogP contribution in [0.5, 0.6) is 5.75 Å². The molecule has 0 saturated heterocycles. The Balaban J connectivity index is 2.64. The van der Waals surface area contributed by atoms with Crippen LogP contribution in [0.3, 0.4) is 0 Å². The van der Waals surface area contributed by atoms with E-state index < -0.39 is 6.61 Å². The molecule has 19 heavy (non-hydrogen) atoms. The number of thioether (sulfide) groups is 1. The van der Waals surface area contributed by atoms with Gasteiger partial charge in [-0.1, -0.05) is 12.1 Å². The van der Waals surface area contributed by atoms with Crippen LogP contribution in [0.2, 0.25) is 0 Å². The Bertz CT molecular complexity index is 399. The molecule has 5 heteroatoms. The molecule has 1 rings (SSSR count). The molecule has 1 N–H and O–H groups in total. The molecule has 0 aliphatic heterocycles. The predicted molar refractivity (Wildman–Crippen MR) is 77.1 cm³/mol. The number of ether oxygens (including phenoxy) is 1. The van der Waals surface area contributed by atoms with Crippen molar-refractivity contribution in [1.82, 2.24) is 5.32 Å². The second-order valence-corrected chi connectivity index (χ2v) is 6.53. The number of halogens is 2. The Morgan fingerprint density at radius 1 is 1.37 bits per heavy atom. The Morgan fingerprint density at radius 2 is 2.05 bits per heavy atom. The second-order valence-electron chi connectivity index (χ2n) is 5.02. The molecule has 2 nitrogen and oxygen atoms in total. The second kappa shape index (κ2) is 7.10. The third kappa shape index (κ3) is 5.78. The lowest BCUT2D eigenvalue weighted by atomic mass is 10.1. The zero-order valence-corrected chi connectivity index (χ0v) is 12.6. The topological polar surface area (TPSA) is 21.3 Å². The van der Waals surface area contributed by atoms with Crippen LogP contribution >= 0.6 is 11.8 Å². The van der Waals surface area contributed by atoms with Crippen molar-refractivity contribution in [2.75, 3.05) is 12.8 Å². The molecular formula is C14H21F2NOS. The van der Waals surface area contributed by atoms with Gasteiger partial charge in [0.1, 0.15) is 5.75 Å². The quantitative estimate of drug-likeness (QED) is 0.817. The molecule has 0 amide bonds. The summed E-state index contributed by atoms with van der Waals surface area (Å²) in [4.78, 5) is 0. The molecule has 1 atom stereocenters. The van der Waals surface area contributed by atoms with Gasteiger partial charge in [-0.2, -0.15) is 20.5 Å². The third-order valence-electron chi connectivity index (χ3n) is 2.97. The van der Waals surface area contributed by atoms with Crippen molar-refractivity contribution < 1.29 is 13.5 Å². The van der Waals surface area contributed by atoms with E-state index in [9.17, 15) is 8.78 Å². The van der Waals surface area contributed by atoms with Gasteiger partial charge in [0.15, 0.2) is 0 Å². The number of rotatable bonds is 7. The van der Waals surface area contributed by atoms with E-state index in [2.05, 4.69) is 30.2 Å². The van der Waals surface area contributed by atoms with E-state index in [4.69, 9.17) is 0 Å². The predicted octanol–water partition coefficient (Wildman–Crippen LogP) is 4.08. The number of nitrogens with one attached hydrogen (secondary N) is 1. The highest BCUT2D eigenvalue weighted by Crippen LogP contribution is 2.23. The Hall–Kier alpha value is -0.810. The van der Waals surface area contributed by atoms with Crippen molar-refractivity contribution in [3.05, 3.63) is 29.8 Å². The van der Waals surface area contributed by atoms with Crippen molar-refractivity contribution in [3.8, 4) is 5.75 Å². The molecule has 108 valence electrons. The van der Waals surface area contributed by atoms with E-state index in [-0.39, 0.29) is 16.5 Å². The first-order valence-corrected chi connectivity index (χ1v) is 7.40. The molecule has 1 aromatic carbocycles. The Morgan fingerprint density at radius 3 is 2.63 bits per heavy atom. The minimum atomic E-state index is -2.78. The minimum absolute atomic E-state index is 0.0904. The van der Waals surface area contributed by atoms with Gasteiger partial charge in [-0.25, -0.2) is 0 Å². The van der Waals surface area contributed by atoms with Gasteiger partial charge in [-0.15, -0.1) is 0 Å². The van der Waals surface area contributed by atoms with Crippen LogP contribution in [0.15, 0.2) is 24.3 Å². The molecule has 0 heterocycles. The van der Waals surface area contributed by atoms with Gasteiger partial charge in [-0.3, -0.25) is 0 Å². The molecule has 0 fully saturated rings. The molecular weight excluding hydrogens is 268 g/mol. The largest absolute Gasteiger partial charge is 0.435 e. The maximum atomic E-state index is 12.2. The first kappa shape index (κ1) is 16.2. The lowest BCUT2D eigenvalue weighted by Crippen LogP contribution is -2.33. The molecule has 1 aromatic rings. The van der Waals surface area contributed by atoms with Crippen LogP contribution in [0, 0.1) is 0 Å². The summed E-state index contributed by atoms with van der Waals surface area (Å²) in [6.45, 7) is 4.39. The Labute approximate surface area is 117 Å². The summed E-state index contributed by atoms with van der Waals surface area (Å²) in [6, 6.07) is 6.91. The Kier molecular flexibility index (Phi) is 6.07. The van der Waals surface area contributed by atoms with Gasteiger partial charge in [0.25, 0.3) is 0 Å². The van der Waals surface area contributed by atoms with Crippen LogP contribution < -0.4 is 10.1 Å². The van der Waals surface area contributed by atoms with Gasteiger partial charge in [0.2, 0.25) is 0 Å². The zero-order valence-electron chi connectivity index (χ0n) is 11.7. The summed E-state index contributed by atoms with van der Waals surface area (Å²) in [5, 5.41) is 3.41. The van der Waals surface area contributed by atoms with Crippen molar-refractivity contribution in [1.29, 1.82) is 0 Å². The van der Waals surface area contributed by atoms with E-state index in [1.807, 2.05) is 13.0 Å². The van der Waals surface area contributed by atoms with Crippen LogP contribution in [0.25, 0.3) is 0 Å². The SMILES string of the molecule is CSC(C)(C)CNC(C)c1cccc(OC(F)F)c1. The third-order valence-corrected chi connectivity index (χ3v) is 4.22. The molecule has 0 saturated carbocycles. The number of benzene rings is 1. The normalized spacial score (nSPS) is 13.6. The van der Waals surface area contributed by atoms with Crippen LogP contribution in [0.4, 0.5) is 8.78 Å². The van der Waals surface area contributed by atoms with Gasteiger partial charge < -0.3 is 10.1 Å². The number of alkyl halides is 2. The molecule has 1 unspecified atom stereocenters. The average Bonchev–Trinajstić information content (AvgIpc) is 2.35. The first-order valence-electron chi connectivity index (χ1n) is 6.17. The van der Waals surface area contributed by atoms with Gasteiger partial charge in [-0.05, 0) is 44.7 Å². The highest BCUT2D eigenvalue weighted by Gasteiger charge is 2.17. The fraction of sp³-hybridized carbons (Fsp3) is 0.571. The molecule has 0 aromatic heterocycles. The smallest absolute Gasteiger partial charge is 0.387 e. The lowest BCUT2D eigenvalue weighted by molar-refractivity contribution is -0.0499. The van der Waals surface area contributed by atoms with E-state index in [1.54, 1.807) is 23.9 Å². The minimum Gasteiger partial charge on any atom is -0.435 e. The highest BCUT2D eigenvalue weighted by molar-refractivity contribution is 7.99. The van der Waals surface area contributed by atoms with E-state index in [0.29, 0.717) is 0 Å². The molecule has 0 radical (unpaired) electrons. The maximum Gasteiger partial charge on any atom is 0.387 e. The summed E-state index contributed by atoms with van der Waals surface area (Å²) in [5.41, 5.74) is 0.940. The van der Waals surface area contributed by atoms with E-state index >= 15 is 0 Å². The molecule has 0 spiro atoms. The van der Waals surface area contributed by atoms with Gasteiger partial charge >= 0.3 is 6.61 Å². The summed E-state index contributed by atoms with van der Waals surface area (Å²) < 4.78 is 28.9. The summed E-state index contributed by atoms with van der Waals surface area (Å²) >= 11 is 1.79.